The van der Waals surface area contributed by atoms with Crippen LogP contribution in [0.25, 0.3) is 11.3 Å². The third kappa shape index (κ3) is 2.75. The number of thiazole rings is 1. The van der Waals surface area contributed by atoms with Gasteiger partial charge in [-0.2, -0.15) is 0 Å². The zero-order chi connectivity index (χ0) is 13.1. The van der Waals surface area contributed by atoms with Gasteiger partial charge in [-0.25, -0.2) is 4.98 Å². The lowest BCUT2D eigenvalue weighted by Gasteiger charge is -2.04. The molecule has 1 heterocycles. The van der Waals surface area contributed by atoms with Gasteiger partial charge in [0, 0.05) is 10.9 Å². The Labute approximate surface area is 109 Å². The quantitative estimate of drug-likeness (QED) is 0.888. The Bertz CT molecular complexity index is 566. The fraction of sp³-hybridized carbons (Fsp3) is 0.231. The van der Waals surface area contributed by atoms with Gasteiger partial charge < -0.3 is 10.8 Å². The van der Waals surface area contributed by atoms with Gasteiger partial charge >= 0.3 is 5.97 Å². The Morgan fingerprint density at radius 3 is 2.89 bits per heavy atom. The summed E-state index contributed by atoms with van der Waals surface area (Å²) < 4.78 is 0. The summed E-state index contributed by atoms with van der Waals surface area (Å²) in [6.07, 6.45) is -0.0965. The number of aromatic nitrogens is 1. The smallest absolute Gasteiger partial charge is 0.305 e. The molecule has 0 aliphatic carbocycles. The zero-order valence-electron chi connectivity index (χ0n) is 9.96. The van der Waals surface area contributed by atoms with Crippen molar-refractivity contribution < 1.29 is 9.90 Å². The number of carboxylic acids is 1. The van der Waals surface area contributed by atoms with E-state index in [2.05, 4.69) is 4.98 Å². The highest BCUT2D eigenvalue weighted by atomic mass is 32.1. The molecule has 1 aromatic heterocycles. The first kappa shape index (κ1) is 12.7. The number of carboxylic acid groups (broad SMARTS) is 1. The van der Waals surface area contributed by atoms with E-state index in [-0.39, 0.29) is 6.42 Å². The first-order valence-electron chi connectivity index (χ1n) is 5.56. The molecular formula is C13H14N2O2S. The van der Waals surface area contributed by atoms with Gasteiger partial charge in [0.25, 0.3) is 0 Å². The Morgan fingerprint density at radius 1 is 1.50 bits per heavy atom. The second kappa shape index (κ2) is 5.29. The number of benzene rings is 1. The highest BCUT2D eigenvalue weighted by Gasteiger charge is 2.15. The third-order valence-electron chi connectivity index (χ3n) is 2.65. The van der Waals surface area contributed by atoms with Crippen LogP contribution in [-0.4, -0.2) is 16.1 Å². The van der Waals surface area contributed by atoms with Crippen LogP contribution in [0.4, 0.5) is 0 Å². The van der Waals surface area contributed by atoms with Crippen molar-refractivity contribution in [2.75, 3.05) is 0 Å². The van der Waals surface area contributed by atoms with Gasteiger partial charge in [0.2, 0.25) is 0 Å². The predicted molar refractivity (Wildman–Crippen MR) is 71.5 cm³/mol. The number of nitrogens with zero attached hydrogens (tertiary/aromatic N) is 1. The van der Waals surface area contributed by atoms with Gasteiger partial charge in [0.05, 0.1) is 18.2 Å². The van der Waals surface area contributed by atoms with Crippen LogP contribution in [0.2, 0.25) is 0 Å². The second-order valence-electron chi connectivity index (χ2n) is 4.09. The normalized spacial score (nSPS) is 12.3. The minimum atomic E-state index is -0.907. The first-order chi connectivity index (χ1) is 8.58. The van der Waals surface area contributed by atoms with Crippen LogP contribution in [0.3, 0.4) is 0 Å². The maximum Gasteiger partial charge on any atom is 0.305 e. The van der Waals surface area contributed by atoms with Gasteiger partial charge in [-0.05, 0) is 12.5 Å². The van der Waals surface area contributed by atoms with Crippen molar-refractivity contribution in [1.29, 1.82) is 0 Å². The molecule has 0 saturated carbocycles. The van der Waals surface area contributed by atoms with E-state index >= 15 is 0 Å². The van der Waals surface area contributed by atoms with Crippen LogP contribution >= 0.6 is 11.3 Å². The van der Waals surface area contributed by atoms with Crippen molar-refractivity contribution in [2.45, 2.75) is 19.4 Å². The molecule has 5 heteroatoms. The van der Waals surface area contributed by atoms with Crippen molar-refractivity contribution >= 4 is 17.3 Å². The Kier molecular flexibility index (Phi) is 3.74. The average Bonchev–Trinajstić information content (AvgIpc) is 2.78. The summed E-state index contributed by atoms with van der Waals surface area (Å²) >= 11 is 1.40. The maximum absolute atomic E-state index is 10.6. The molecule has 4 nitrogen and oxygen atoms in total. The summed E-state index contributed by atoms with van der Waals surface area (Å²) in [6, 6.07) is 7.41. The van der Waals surface area contributed by atoms with Gasteiger partial charge in [0.15, 0.2) is 0 Å². The lowest BCUT2D eigenvalue weighted by molar-refractivity contribution is -0.137. The van der Waals surface area contributed by atoms with E-state index < -0.39 is 12.0 Å². The number of hydrogen-bond donors (Lipinski definition) is 2. The minimum Gasteiger partial charge on any atom is -0.481 e. The molecule has 3 N–H and O–H groups in total. The van der Waals surface area contributed by atoms with E-state index in [1.54, 1.807) is 0 Å². The highest BCUT2D eigenvalue weighted by molar-refractivity contribution is 7.10. The molecule has 0 fully saturated rings. The average molecular weight is 262 g/mol. The summed E-state index contributed by atoms with van der Waals surface area (Å²) in [6.45, 7) is 2.02. The number of rotatable bonds is 4. The number of hydrogen-bond acceptors (Lipinski definition) is 4. The van der Waals surface area contributed by atoms with Crippen LogP contribution in [0.15, 0.2) is 29.6 Å². The van der Waals surface area contributed by atoms with Gasteiger partial charge in [0.1, 0.15) is 5.01 Å². The van der Waals surface area contributed by atoms with Crippen molar-refractivity contribution in [2.24, 2.45) is 5.73 Å². The topological polar surface area (TPSA) is 76.2 Å². The summed E-state index contributed by atoms with van der Waals surface area (Å²) in [5, 5.41) is 11.3. The predicted octanol–water partition coefficient (Wildman–Crippen LogP) is 2.59. The molecule has 0 spiro atoms. The molecule has 18 heavy (non-hydrogen) atoms. The number of nitrogens with two attached hydrogens (primary N) is 1. The lowest BCUT2D eigenvalue weighted by Crippen LogP contribution is -2.14. The van der Waals surface area contributed by atoms with Gasteiger partial charge in [-0.15, -0.1) is 11.3 Å². The van der Waals surface area contributed by atoms with Crippen LogP contribution < -0.4 is 5.73 Å². The molecule has 0 amide bonds. The van der Waals surface area contributed by atoms with Crippen molar-refractivity contribution in [3.8, 4) is 11.3 Å². The van der Waals surface area contributed by atoms with Crippen LogP contribution in [0.1, 0.15) is 23.0 Å². The van der Waals surface area contributed by atoms with E-state index in [4.69, 9.17) is 10.8 Å². The van der Waals surface area contributed by atoms with E-state index in [0.29, 0.717) is 5.01 Å². The molecule has 1 unspecified atom stereocenters. The van der Waals surface area contributed by atoms with Crippen LogP contribution in [-0.2, 0) is 4.79 Å². The highest BCUT2D eigenvalue weighted by Crippen LogP contribution is 2.27. The Balaban J connectivity index is 2.26. The fourth-order valence-electron chi connectivity index (χ4n) is 1.72. The second-order valence-corrected chi connectivity index (χ2v) is 4.98. The van der Waals surface area contributed by atoms with E-state index in [1.165, 1.54) is 11.3 Å². The molecule has 0 aliphatic rings. The zero-order valence-corrected chi connectivity index (χ0v) is 10.8. The maximum atomic E-state index is 10.6. The minimum absolute atomic E-state index is 0.0965. The van der Waals surface area contributed by atoms with Gasteiger partial charge in [-0.3, -0.25) is 4.79 Å². The lowest BCUT2D eigenvalue weighted by atomic mass is 10.1. The van der Waals surface area contributed by atoms with Crippen molar-refractivity contribution in [1.82, 2.24) is 4.98 Å². The molecule has 94 valence electrons. The van der Waals surface area contributed by atoms with Gasteiger partial charge in [-0.1, -0.05) is 24.3 Å². The SMILES string of the molecule is Cc1ccccc1-c1csc(C(N)CC(=O)O)n1. The molecule has 0 saturated heterocycles. The molecule has 2 aromatic rings. The standard InChI is InChI=1S/C13H14N2O2S/c1-8-4-2-3-5-9(8)11-7-18-13(15-11)10(14)6-12(16)17/h2-5,7,10H,6,14H2,1H3,(H,16,17). The molecule has 1 atom stereocenters. The summed E-state index contributed by atoms with van der Waals surface area (Å²) in [5.41, 5.74) is 8.85. The number of aliphatic carboxylic acids is 1. The first-order valence-corrected chi connectivity index (χ1v) is 6.44. The summed E-state index contributed by atoms with van der Waals surface area (Å²) in [5.74, 6) is -0.907. The van der Waals surface area contributed by atoms with E-state index in [0.717, 1.165) is 16.8 Å². The largest absolute Gasteiger partial charge is 0.481 e. The van der Waals surface area contributed by atoms with Crippen molar-refractivity contribution in [3.63, 3.8) is 0 Å². The molecule has 0 aliphatic heterocycles. The monoisotopic (exact) mass is 262 g/mol. The summed E-state index contributed by atoms with van der Waals surface area (Å²) in [7, 11) is 0. The molecule has 0 bridgehead atoms. The molecular weight excluding hydrogens is 248 g/mol. The van der Waals surface area contributed by atoms with E-state index in [9.17, 15) is 4.79 Å². The van der Waals surface area contributed by atoms with Crippen LogP contribution in [0, 0.1) is 6.92 Å². The third-order valence-corrected chi connectivity index (χ3v) is 3.63. The molecule has 0 radical (unpaired) electrons. The summed E-state index contributed by atoms with van der Waals surface area (Å²) in [4.78, 5) is 15.0. The van der Waals surface area contributed by atoms with Crippen LogP contribution in [0.5, 0.6) is 0 Å². The number of aryl methyl sites for hydroxylation is 1. The van der Waals surface area contributed by atoms with Crippen molar-refractivity contribution in [3.05, 3.63) is 40.2 Å². The molecule has 1 aromatic carbocycles. The fourth-order valence-corrected chi connectivity index (χ4v) is 2.54. The Morgan fingerprint density at radius 2 is 2.22 bits per heavy atom. The molecule has 2 rings (SSSR count). The number of carbonyl (C=O) groups is 1. The Hall–Kier alpha value is -1.72. The van der Waals surface area contributed by atoms with E-state index in [1.807, 2.05) is 36.6 Å².